The minimum Gasteiger partial charge on any atom is -0.496 e. The van der Waals surface area contributed by atoms with E-state index in [-0.39, 0.29) is 25.1 Å². The van der Waals surface area contributed by atoms with Crippen molar-refractivity contribution in [3.05, 3.63) is 29.8 Å². The van der Waals surface area contributed by atoms with Crippen molar-refractivity contribution in [2.75, 3.05) is 38.8 Å². The molecule has 1 aliphatic rings. The van der Waals surface area contributed by atoms with E-state index in [9.17, 15) is 14.4 Å². The molecule has 1 aliphatic heterocycles. The first kappa shape index (κ1) is 31.9. The van der Waals surface area contributed by atoms with Crippen LogP contribution in [0, 0.1) is 0 Å². The summed E-state index contributed by atoms with van der Waals surface area (Å²) in [4.78, 5) is 43.6. The maximum atomic E-state index is 13.6. The van der Waals surface area contributed by atoms with Crippen LogP contribution in [0.25, 0.3) is 0 Å². The fourth-order valence-corrected chi connectivity index (χ4v) is 4.85. The summed E-state index contributed by atoms with van der Waals surface area (Å²) in [7, 11) is 1.60. The van der Waals surface area contributed by atoms with E-state index in [1.54, 1.807) is 32.7 Å². The Morgan fingerprint density at radius 3 is 2.34 bits per heavy atom. The summed E-state index contributed by atoms with van der Waals surface area (Å²) < 4.78 is 16.8. The quantitative estimate of drug-likeness (QED) is 0.349. The van der Waals surface area contributed by atoms with Gasteiger partial charge in [-0.1, -0.05) is 18.2 Å². The molecule has 0 saturated carbocycles. The molecule has 1 heterocycles. The highest BCUT2D eigenvalue weighted by atomic mass is 32.2. The van der Waals surface area contributed by atoms with Crippen molar-refractivity contribution >= 4 is 29.6 Å². The van der Waals surface area contributed by atoms with Crippen molar-refractivity contribution in [3.8, 4) is 5.75 Å². The van der Waals surface area contributed by atoms with Crippen LogP contribution in [0.2, 0.25) is 0 Å². The van der Waals surface area contributed by atoms with Crippen LogP contribution in [0.1, 0.15) is 59.4 Å². The molecule has 2 atom stereocenters. The van der Waals surface area contributed by atoms with Gasteiger partial charge in [-0.3, -0.25) is 14.6 Å². The van der Waals surface area contributed by atoms with Gasteiger partial charge in [0.2, 0.25) is 5.91 Å². The van der Waals surface area contributed by atoms with Crippen molar-refractivity contribution in [3.63, 3.8) is 0 Å². The molecule has 214 valence electrons. The Balaban J connectivity index is 2.37. The summed E-state index contributed by atoms with van der Waals surface area (Å²) in [6.45, 7) is 10.7. The molecule has 1 aromatic rings. The zero-order valence-electron chi connectivity index (χ0n) is 24.0. The molecule has 1 amide bonds. The lowest BCUT2D eigenvalue weighted by Gasteiger charge is -2.37. The third-order valence-electron chi connectivity index (χ3n) is 5.94. The van der Waals surface area contributed by atoms with Crippen LogP contribution in [0.4, 0.5) is 0 Å². The van der Waals surface area contributed by atoms with Crippen molar-refractivity contribution < 1.29 is 28.6 Å². The number of para-hydroxylation sites is 1. The molecule has 38 heavy (non-hydrogen) atoms. The van der Waals surface area contributed by atoms with Crippen LogP contribution in [0.15, 0.2) is 24.3 Å². The first-order valence-electron chi connectivity index (χ1n) is 13.3. The maximum Gasteiger partial charge on any atom is 0.339 e. The lowest BCUT2D eigenvalue weighted by atomic mass is 10.1. The largest absolute Gasteiger partial charge is 0.496 e. The first-order chi connectivity index (χ1) is 17.9. The van der Waals surface area contributed by atoms with Crippen molar-refractivity contribution in [2.45, 2.75) is 84.3 Å². The topological polar surface area (TPSA) is 97.4 Å². The third-order valence-corrected chi connectivity index (χ3v) is 6.59. The number of esters is 2. The van der Waals surface area contributed by atoms with Gasteiger partial charge >= 0.3 is 11.9 Å². The van der Waals surface area contributed by atoms with Gasteiger partial charge in [0, 0.05) is 25.2 Å². The number of hydrogen-bond donors (Lipinski definition) is 1. The van der Waals surface area contributed by atoms with Crippen LogP contribution in [-0.2, 0) is 30.4 Å². The molecular weight excluding hydrogens is 506 g/mol. The molecule has 9 nitrogen and oxygen atoms in total. The van der Waals surface area contributed by atoms with E-state index >= 15 is 0 Å². The van der Waals surface area contributed by atoms with Crippen molar-refractivity contribution in [1.82, 2.24) is 15.1 Å². The lowest BCUT2D eigenvalue weighted by Crippen LogP contribution is -2.57. The number of rotatable bonds is 14. The number of nitrogens with one attached hydrogen (secondary N) is 1. The Bertz CT molecular complexity index is 914. The highest BCUT2D eigenvalue weighted by molar-refractivity contribution is 7.98. The van der Waals surface area contributed by atoms with E-state index in [4.69, 9.17) is 14.2 Å². The zero-order chi connectivity index (χ0) is 28.3. The number of thioether (sulfide) groups is 1. The first-order valence-corrected chi connectivity index (χ1v) is 14.7. The van der Waals surface area contributed by atoms with E-state index in [2.05, 4.69) is 10.2 Å². The number of ether oxygens (including phenoxy) is 3. The number of hydrogen-bond acceptors (Lipinski definition) is 9. The minimum atomic E-state index is -0.766. The fourth-order valence-electron chi connectivity index (χ4n) is 4.37. The molecule has 0 bridgehead atoms. The predicted octanol–water partition coefficient (Wildman–Crippen LogP) is 3.45. The highest BCUT2D eigenvalue weighted by Crippen LogP contribution is 2.24. The number of carbonyl (C=O) groups excluding carboxylic acids is 3. The lowest BCUT2D eigenvalue weighted by molar-refractivity contribution is -0.170. The summed E-state index contributed by atoms with van der Waals surface area (Å²) in [5.74, 6) is 0.138. The average molecular weight is 552 g/mol. The number of methoxy groups -OCH3 is 1. The normalized spacial score (nSPS) is 15.8. The maximum absolute atomic E-state index is 13.6. The Hall–Kier alpha value is -2.30. The fraction of sp³-hybridized carbons (Fsp3) is 0.679. The predicted molar refractivity (Wildman–Crippen MR) is 150 cm³/mol. The molecule has 0 aliphatic carbocycles. The van der Waals surface area contributed by atoms with Crippen LogP contribution in [-0.4, -0.2) is 90.3 Å². The molecule has 0 aromatic heterocycles. The Morgan fingerprint density at radius 1 is 1.11 bits per heavy atom. The van der Waals surface area contributed by atoms with Crippen LogP contribution >= 0.6 is 11.8 Å². The van der Waals surface area contributed by atoms with E-state index in [0.717, 1.165) is 31.5 Å². The van der Waals surface area contributed by atoms with E-state index < -0.39 is 29.7 Å². The summed E-state index contributed by atoms with van der Waals surface area (Å²) in [6, 6.07) is 6.78. The van der Waals surface area contributed by atoms with Gasteiger partial charge in [0.1, 0.15) is 17.4 Å². The Labute approximate surface area is 231 Å². The molecule has 2 rings (SSSR count). The average Bonchev–Trinajstić information content (AvgIpc) is 3.34. The SMILES string of the molecule is COc1ccccc1CN(CC(=O)NC(CCSC)C(=O)OC(C)C)C(C(=O)OC(C)(C)C)N1CCCC1. The summed E-state index contributed by atoms with van der Waals surface area (Å²) in [6.07, 6.45) is 3.28. The van der Waals surface area contributed by atoms with Gasteiger partial charge in [0.15, 0.2) is 6.17 Å². The molecule has 10 heteroatoms. The number of nitrogens with zero attached hydrogens (tertiary/aromatic N) is 2. The van der Waals surface area contributed by atoms with Crippen LogP contribution in [0.5, 0.6) is 5.75 Å². The Morgan fingerprint density at radius 2 is 1.76 bits per heavy atom. The minimum absolute atomic E-state index is 0.108. The molecule has 1 aromatic carbocycles. The van der Waals surface area contributed by atoms with Gasteiger partial charge in [-0.05, 0) is 72.0 Å². The smallest absolute Gasteiger partial charge is 0.339 e. The van der Waals surface area contributed by atoms with Crippen molar-refractivity contribution in [2.24, 2.45) is 0 Å². The second kappa shape index (κ2) is 15.3. The molecule has 2 unspecified atom stereocenters. The summed E-state index contributed by atoms with van der Waals surface area (Å²) in [5.41, 5.74) is 0.158. The monoisotopic (exact) mass is 551 g/mol. The number of likely N-dealkylation sites (tertiary alicyclic amines) is 1. The second-order valence-corrected chi connectivity index (χ2v) is 11.7. The summed E-state index contributed by atoms with van der Waals surface area (Å²) >= 11 is 1.59. The molecule has 1 fully saturated rings. The van der Waals surface area contributed by atoms with Crippen LogP contribution < -0.4 is 10.1 Å². The molecule has 1 N–H and O–H groups in total. The van der Waals surface area contributed by atoms with Gasteiger partial charge < -0.3 is 19.5 Å². The number of benzene rings is 1. The van der Waals surface area contributed by atoms with Gasteiger partial charge in [-0.25, -0.2) is 9.59 Å². The number of carbonyl (C=O) groups is 3. The van der Waals surface area contributed by atoms with E-state index in [0.29, 0.717) is 17.9 Å². The summed E-state index contributed by atoms with van der Waals surface area (Å²) in [5, 5.41) is 2.86. The molecule has 0 spiro atoms. The third kappa shape index (κ3) is 10.5. The standard InChI is InChI=1S/C28H45N3O6S/c1-20(2)36-26(33)22(14-17-38-7)29-24(32)19-31(18-21-12-8-9-13-23(21)35-6)25(30-15-10-11-16-30)27(34)37-28(3,4)5/h8-9,12-13,20,22,25H,10-11,14-19H2,1-7H3,(H,29,32). The van der Waals surface area contributed by atoms with Gasteiger partial charge in [-0.2, -0.15) is 11.8 Å². The molecule has 1 saturated heterocycles. The van der Waals surface area contributed by atoms with Crippen LogP contribution in [0.3, 0.4) is 0 Å². The second-order valence-electron chi connectivity index (χ2n) is 10.8. The molecular formula is C28H45N3O6S. The van der Waals surface area contributed by atoms with Gasteiger partial charge in [0.25, 0.3) is 0 Å². The van der Waals surface area contributed by atoms with E-state index in [1.165, 1.54) is 0 Å². The molecule has 0 radical (unpaired) electrons. The van der Waals surface area contributed by atoms with Gasteiger partial charge in [-0.15, -0.1) is 0 Å². The number of amides is 1. The van der Waals surface area contributed by atoms with E-state index in [1.807, 2.05) is 56.2 Å². The van der Waals surface area contributed by atoms with Gasteiger partial charge in [0.05, 0.1) is 19.8 Å². The zero-order valence-corrected chi connectivity index (χ0v) is 24.8. The van der Waals surface area contributed by atoms with Crippen molar-refractivity contribution in [1.29, 1.82) is 0 Å². The highest BCUT2D eigenvalue weighted by Gasteiger charge is 2.38. The Kier molecular flexibility index (Phi) is 12.9.